The number of benzene rings is 6. The average Bonchev–Trinajstić information content (AvgIpc) is 3.82. The Labute approximate surface area is 291 Å². The molecule has 230 valence electrons. The van der Waals surface area contributed by atoms with Gasteiger partial charge in [-0.1, -0.05) is 127 Å². The highest BCUT2D eigenvalue weighted by molar-refractivity contribution is 7.45. The van der Waals surface area contributed by atoms with Crippen molar-refractivity contribution in [2.45, 2.75) is 0 Å². The molecule has 0 aliphatic carbocycles. The molecule has 0 spiro atoms. The first-order valence-electron chi connectivity index (χ1n) is 16.3. The van der Waals surface area contributed by atoms with Gasteiger partial charge < -0.3 is 4.57 Å². The molecule has 0 amide bonds. The molecule has 49 heavy (non-hydrogen) atoms. The number of aromatic nitrogens is 3. The zero-order valence-corrected chi connectivity index (χ0v) is 27.9. The van der Waals surface area contributed by atoms with E-state index < -0.39 is 0 Å². The van der Waals surface area contributed by atoms with Crippen molar-refractivity contribution >= 4 is 63.3 Å². The Kier molecular flexibility index (Phi) is 6.54. The van der Waals surface area contributed by atoms with Gasteiger partial charge in [-0.25, -0.2) is 9.97 Å². The summed E-state index contributed by atoms with van der Waals surface area (Å²) in [4.78, 5) is 10.1. The Bertz CT molecular complexity index is 2740. The molecule has 3 nitrogen and oxygen atoms in total. The summed E-state index contributed by atoms with van der Waals surface area (Å²) in [6, 6.07) is 57.9. The molecule has 0 saturated heterocycles. The topological polar surface area (TPSA) is 30.7 Å². The number of para-hydroxylation sites is 2. The zero-order valence-electron chi connectivity index (χ0n) is 26.2. The van der Waals surface area contributed by atoms with Crippen LogP contribution in [-0.2, 0) is 0 Å². The van der Waals surface area contributed by atoms with Crippen LogP contribution < -0.4 is 0 Å². The highest BCUT2D eigenvalue weighted by Gasteiger charge is 2.21. The zero-order chi connectivity index (χ0) is 32.3. The second-order valence-corrected chi connectivity index (χ2v) is 14.5. The van der Waals surface area contributed by atoms with E-state index in [1.807, 2.05) is 34.8 Å². The van der Waals surface area contributed by atoms with Gasteiger partial charge in [0.1, 0.15) is 0 Å². The molecule has 6 aromatic carbocycles. The molecule has 0 N–H and O–H groups in total. The lowest BCUT2D eigenvalue weighted by atomic mass is 10.0. The first kappa shape index (κ1) is 28.2. The fourth-order valence-electron chi connectivity index (χ4n) is 6.93. The minimum atomic E-state index is 0.719. The lowest BCUT2D eigenvalue weighted by Gasteiger charge is -2.10. The number of nitrogens with zero attached hydrogens (tertiary/aromatic N) is 3. The van der Waals surface area contributed by atoms with Crippen LogP contribution in [0, 0.1) is 0 Å². The van der Waals surface area contributed by atoms with E-state index in [2.05, 4.69) is 156 Å². The highest BCUT2D eigenvalue weighted by Crippen LogP contribution is 2.49. The molecule has 10 rings (SSSR count). The van der Waals surface area contributed by atoms with Crippen molar-refractivity contribution in [3.63, 3.8) is 0 Å². The van der Waals surface area contributed by atoms with Crippen LogP contribution in [0.5, 0.6) is 0 Å². The van der Waals surface area contributed by atoms with E-state index in [4.69, 9.17) is 9.97 Å². The second kappa shape index (κ2) is 11.4. The number of thiophene rings is 2. The summed E-state index contributed by atoms with van der Waals surface area (Å²) in [5.74, 6) is 0.719. The number of hydrogen-bond donors (Lipinski definition) is 0. The van der Waals surface area contributed by atoms with E-state index in [0.29, 0.717) is 0 Å². The van der Waals surface area contributed by atoms with Crippen LogP contribution in [-0.4, -0.2) is 14.5 Å². The lowest BCUT2D eigenvalue weighted by molar-refractivity contribution is 1.18. The van der Waals surface area contributed by atoms with Crippen LogP contribution >= 0.6 is 22.7 Å². The highest BCUT2D eigenvalue weighted by atomic mass is 32.2. The van der Waals surface area contributed by atoms with Crippen molar-refractivity contribution in [2.24, 2.45) is 0 Å². The van der Waals surface area contributed by atoms with Crippen LogP contribution in [0.4, 0.5) is 0 Å². The number of fused-ring (bicyclic) bond motifs is 7. The third-order valence-corrected chi connectivity index (χ3v) is 11.7. The van der Waals surface area contributed by atoms with Gasteiger partial charge in [-0.05, 0) is 47.5 Å². The summed E-state index contributed by atoms with van der Waals surface area (Å²) in [6.45, 7) is 0. The van der Waals surface area contributed by atoms with Gasteiger partial charge in [-0.15, -0.1) is 22.7 Å². The van der Waals surface area contributed by atoms with E-state index in [-0.39, 0.29) is 0 Å². The molecule has 0 saturated carbocycles. The van der Waals surface area contributed by atoms with E-state index in [1.54, 1.807) is 0 Å². The smallest absolute Gasteiger partial charge is 0.160 e. The van der Waals surface area contributed by atoms with Gasteiger partial charge in [0.2, 0.25) is 0 Å². The molecule has 4 heterocycles. The average molecular weight is 662 g/mol. The van der Waals surface area contributed by atoms with Gasteiger partial charge in [0.25, 0.3) is 0 Å². The molecule has 0 aliphatic rings. The molecule has 5 heteroatoms. The van der Waals surface area contributed by atoms with Gasteiger partial charge in [-0.2, -0.15) is 0 Å². The van der Waals surface area contributed by atoms with Gasteiger partial charge in [0, 0.05) is 43.2 Å². The number of hydrogen-bond acceptors (Lipinski definition) is 4. The summed E-state index contributed by atoms with van der Waals surface area (Å²) in [6.07, 6.45) is 0. The number of rotatable bonds is 5. The van der Waals surface area contributed by atoms with Gasteiger partial charge in [-0.3, -0.25) is 0 Å². The largest absolute Gasteiger partial charge is 0.308 e. The molecule has 0 unspecified atom stereocenters. The third kappa shape index (κ3) is 4.70. The molecule has 0 fully saturated rings. The molecule has 0 bridgehead atoms. The molecular formula is C44H27N3S2. The van der Waals surface area contributed by atoms with Crippen molar-refractivity contribution in [3.8, 4) is 50.7 Å². The Morgan fingerprint density at radius 1 is 0.449 bits per heavy atom. The molecule has 0 atom stereocenters. The van der Waals surface area contributed by atoms with E-state index >= 15 is 0 Å². The van der Waals surface area contributed by atoms with E-state index in [9.17, 15) is 0 Å². The van der Waals surface area contributed by atoms with E-state index in [1.165, 1.54) is 57.4 Å². The summed E-state index contributed by atoms with van der Waals surface area (Å²) >= 11 is 3.81. The molecular weight excluding hydrogens is 635 g/mol. The lowest BCUT2D eigenvalue weighted by Crippen LogP contribution is -1.95. The minimum Gasteiger partial charge on any atom is -0.308 e. The monoisotopic (exact) mass is 661 g/mol. The summed E-state index contributed by atoms with van der Waals surface area (Å²) in [5, 5.41) is 3.96. The van der Waals surface area contributed by atoms with Crippen molar-refractivity contribution in [3.05, 3.63) is 164 Å². The maximum absolute atomic E-state index is 5.03. The van der Waals surface area contributed by atoms with Crippen molar-refractivity contribution in [1.82, 2.24) is 14.5 Å². The van der Waals surface area contributed by atoms with Crippen molar-refractivity contribution in [1.29, 1.82) is 0 Å². The maximum Gasteiger partial charge on any atom is 0.160 e. The Morgan fingerprint density at radius 3 is 1.73 bits per heavy atom. The fraction of sp³-hybridized carbons (Fsp3) is 0. The Hall–Kier alpha value is -5.88. The second-order valence-electron chi connectivity index (χ2n) is 12.2. The van der Waals surface area contributed by atoms with Crippen LogP contribution in [0.1, 0.15) is 0 Å². The standard InChI is InChI=1S/C44H27N3S2/c1-4-12-29(13-5-1)36-27-37(30-14-6-2-7-15-30)46-43(45-36)31-22-20-28(21-23-31)32-24-25-39-35(26-32)40-41-42(49-44(40)48-39)34-18-10-11-19-38(34)47(41)33-16-8-3-9-17-33/h1-27H. The third-order valence-electron chi connectivity index (χ3n) is 9.27. The molecule has 0 radical (unpaired) electrons. The normalized spacial score (nSPS) is 11.7. The van der Waals surface area contributed by atoms with Gasteiger partial charge in [0.05, 0.1) is 31.1 Å². The van der Waals surface area contributed by atoms with Gasteiger partial charge >= 0.3 is 0 Å². The molecule has 4 aromatic heterocycles. The van der Waals surface area contributed by atoms with Crippen molar-refractivity contribution in [2.75, 3.05) is 0 Å². The first-order valence-corrected chi connectivity index (χ1v) is 18.0. The SMILES string of the molecule is c1ccc(-c2cc(-c3ccccc3)nc(-c3ccc(-c4ccc5sc6sc7c8ccccc8n(-c8ccccc8)c7c6c5c4)cc3)n2)cc1. The van der Waals surface area contributed by atoms with Crippen LogP contribution in [0.25, 0.3) is 91.3 Å². The quantitative estimate of drug-likeness (QED) is 0.184. The van der Waals surface area contributed by atoms with Gasteiger partial charge in [0.15, 0.2) is 5.82 Å². The maximum atomic E-state index is 5.03. The Morgan fingerprint density at radius 2 is 1.04 bits per heavy atom. The molecule has 10 aromatic rings. The van der Waals surface area contributed by atoms with Crippen molar-refractivity contribution < 1.29 is 0 Å². The predicted octanol–water partition coefficient (Wildman–Crippen LogP) is 12.7. The Balaban J connectivity index is 1.10. The first-order chi connectivity index (χ1) is 24.3. The summed E-state index contributed by atoms with van der Waals surface area (Å²) in [5.41, 5.74) is 11.1. The summed E-state index contributed by atoms with van der Waals surface area (Å²) < 4.78 is 6.48. The fourth-order valence-corrected chi connectivity index (χ4v) is 9.60. The molecule has 0 aliphatic heterocycles. The van der Waals surface area contributed by atoms with Crippen LogP contribution in [0.3, 0.4) is 0 Å². The van der Waals surface area contributed by atoms with Crippen LogP contribution in [0.2, 0.25) is 0 Å². The predicted molar refractivity (Wildman–Crippen MR) is 209 cm³/mol. The van der Waals surface area contributed by atoms with Crippen LogP contribution in [0.15, 0.2) is 164 Å². The summed E-state index contributed by atoms with van der Waals surface area (Å²) in [7, 11) is 0. The minimum absolute atomic E-state index is 0.719. The van der Waals surface area contributed by atoms with E-state index in [0.717, 1.165) is 33.9 Å².